The molecule has 7 heteroatoms. The minimum atomic E-state index is -1.21. The topological polar surface area (TPSA) is 79.3 Å². The fourth-order valence-electron chi connectivity index (χ4n) is 1.54. The first-order valence-corrected chi connectivity index (χ1v) is 6.61. The van der Waals surface area contributed by atoms with Gasteiger partial charge in [0.15, 0.2) is 0 Å². The summed E-state index contributed by atoms with van der Waals surface area (Å²) in [7, 11) is 0. The van der Waals surface area contributed by atoms with Crippen LogP contribution in [-0.4, -0.2) is 22.0 Å². The van der Waals surface area contributed by atoms with Crippen molar-refractivity contribution in [2.45, 2.75) is 0 Å². The molecule has 2 rings (SSSR count). The number of carbonyl (C=O) groups is 2. The van der Waals surface area contributed by atoms with Crippen LogP contribution < -0.4 is 5.32 Å². The van der Waals surface area contributed by atoms with E-state index in [2.05, 4.69) is 26.2 Å². The molecule has 0 saturated heterocycles. The lowest BCUT2D eigenvalue weighted by molar-refractivity contribution is 0.0698. The molecule has 1 aromatic heterocycles. The number of amides is 1. The Labute approximate surface area is 127 Å². The third-order valence-corrected chi connectivity index (χ3v) is 3.22. The molecule has 0 aliphatic carbocycles. The maximum Gasteiger partial charge on any atom is 0.339 e. The predicted octanol–water partition coefficient (Wildman–Crippen LogP) is 3.45. The van der Waals surface area contributed by atoms with Crippen LogP contribution in [0.3, 0.4) is 0 Å². The highest BCUT2D eigenvalue weighted by molar-refractivity contribution is 9.10. The number of carboxylic acid groups (broad SMARTS) is 1. The molecule has 0 radical (unpaired) electrons. The lowest BCUT2D eigenvalue weighted by Crippen LogP contribution is -2.16. The van der Waals surface area contributed by atoms with Gasteiger partial charge in [0, 0.05) is 10.7 Å². The second kappa shape index (κ2) is 6.02. The highest BCUT2D eigenvalue weighted by Gasteiger charge is 2.17. The van der Waals surface area contributed by atoms with Gasteiger partial charge in [0.05, 0.1) is 10.7 Å². The summed E-state index contributed by atoms with van der Waals surface area (Å²) in [5.41, 5.74) is 0.142. The minimum Gasteiger partial charge on any atom is -0.478 e. The molecule has 0 bridgehead atoms. The van der Waals surface area contributed by atoms with Crippen molar-refractivity contribution in [3.8, 4) is 0 Å². The fourth-order valence-corrected chi connectivity index (χ4v) is 2.03. The number of benzene rings is 1. The Morgan fingerprint density at radius 1 is 1.25 bits per heavy atom. The quantitative estimate of drug-likeness (QED) is 0.884. The van der Waals surface area contributed by atoms with E-state index in [0.717, 1.165) is 4.47 Å². The molecular formula is C13H8BrClN2O3. The predicted molar refractivity (Wildman–Crippen MR) is 78.3 cm³/mol. The normalized spacial score (nSPS) is 10.1. The molecule has 0 spiro atoms. The van der Waals surface area contributed by atoms with Gasteiger partial charge < -0.3 is 10.4 Å². The Morgan fingerprint density at radius 2 is 2.00 bits per heavy atom. The Kier molecular flexibility index (Phi) is 4.36. The van der Waals surface area contributed by atoms with E-state index < -0.39 is 11.9 Å². The Balaban J connectivity index is 2.30. The van der Waals surface area contributed by atoms with Crippen molar-refractivity contribution in [3.05, 3.63) is 57.3 Å². The van der Waals surface area contributed by atoms with E-state index in [1.54, 1.807) is 12.1 Å². The summed E-state index contributed by atoms with van der Waals surface area (Å²) in [5.74, 6) is -1.73. The number of hydrogen-bond donors (Lipinski definition) is 2. The smallest absolute Gasteiger partial charge is 0.339 e. The largest absolute Gasteiger partial charge is 0.478 e. The molecule has 0 aliphatic rings. The van der Waals surface area contributed by atoms with Crippen LogP contribution in [0.2, 0.25) is 5.02 Å². The van der Waals surface area contributed by atoms with Gasteiger partial charge in [-0.15, -0.1) is 0 Å². The minimum absolute atomic E-state index is 0.0547. The number of carboxylic acids is 1. The summed E-state index contributed by atoms with van der Waals surface area (Å²) < 4.78 is 0.739. The standard InChI is InChI=1S/C13H8BrClN2O3/c14-7-4-5-10(16-6-7)12(18)17-9-3-1-2-8(15)11(9)13(19)20/h1-6H,(H,17,18)(H,19,20). The Morgan fingerprint density at radius 3 is 2.60 bits per heavy atom. The van der Waals surface area contributed by atoms with Crippen molar-refractivity contribution >= 4 is 45.1 Å². The molecule has 1 aromatic carbocycles. The molecule has 1 heterocycles. The van der Waals surface area contributed by atoms with E-state index in [1.807, 2.05) is 0 Å². The van der Waals surface area contributed by atoms with E-state index in [1.165, 1.54) is 24.4 Å². The third-order valence-electron chi connectivity index (χ3n) is 2.44. The molecule has 0 unspecified atom stereocenters. The lowest BCUT2D eigenvalue weighted by atomic mass is 10.1. The highest BCUT2D eigenvalue weighted by atomic mass is 79.9. The zero-order valence-corrected chi connectivity index (χ0v) is 12.3. The molecule has 102 valence electrons. The number of aromatic carboxylic acids is 1. The third kappa shape index (κ3) is 3.15. The summed E-state index contributed by atoms with van der Waals surface area (Å²) in [6, 6.07) is 7.65. The van der Waals surface area contributed by atoms with Gasteiger partial charge in [-0.3, -0.25) is 4.79 Å². The molecule has 0 atom stereocenters. The van der Waals surface area contributed by atoms with Gasteiger partial charge in [-0.2, -0.15) is 0 Å². The van der Waals surface area contributed by atoms with E-state index in [9.17, 15) is 9.59 Å². The lowest BCUT2D eigenvalue weighted by Gasteiger charge is -2.09. The second-order valence-electron chi connectivity index (χ2n) is 3.78. The first-order valence-electron chi connectivity index (χ1n) is 5.44. The van der Waals surface area contributed by atoms with Gasteiger partial charge in [0.25, 0.3) is 5.91 Å². The van der Waals surface area contributed by atoms with Crippen molar-refractivity contribution < 1.29 is 14.7 Å². The molecule has 2 aromatic rings. The van der Waals surface area contributed by atoms with Crippen LogP contribution >= 0.6 is 27.5 Å². The van der Waals surface area contributed by atoms with Crippen molar-refractivity contribution in [2.24, 2.45) is 0 Å². The fraction of sp³-hybridized carbons (Fsp3) is 0. The molecule has 0 aliphatic heterocycles. The summed E-state index contributed by atoms with van der Waals surface area (Å²) in [4.78, 5) is 27.1. The van der Waals surface area contributed by atoms with Crippen LogP contribution in [0.15, 0.2) is 41.0 Å². The zero-order valence-electron chi connectivity index (χ0n) is 9.93. The molecule has 5 nitrogen and oxygen atoms in total. The molecule has 2 N–H and O–H groups in total. The molecule has 20 heavy (non-hydrogen) atoms. The van der Waals surface area contributed by atoms with Crippen LogP contribution in [0.4, 0.5) is 5.69 Å². The molecule has 0 fully saturated rings. The Hall–Kier alpha value is -1.92. The maximum absolute atomic E-state index is 12.0. The SMILES string of the molecule is O=C(Nc1cccc(Cl)c1C(=O)O)c1ccc(Br)cn1. The van der Waals surface area contributed by atoms with Crippen LogP contribution in [0, 0.1) is 0 Å². The van der Waals surface area contributed by atoms with Gasteiger partial charge in [-0.1, -0.05) is 17.7 Å². The van der Waals surface area contributed by atoms with Crippen LogP contribution in [0.5, 0.6) is 0 Å². The highest BCUT2D eigenvalue weighted by Crippen LogP contribution is 2.24. The van der Waals surface area contributed by atoms with Gasteiger partial charge >= 0.3 is 5.97 Å². The van der Waals surface area contributed by atoms with Crippen molar-refractivity contribution in [2.75, 3.05) is 5.32 Å². The van der Waals surface area contributed by atoms with E-state index in [4.69, 9.17) is 16.7 Å². The number of nitrogens with one attached hydrogen (secondary N) is 1. The monoisotopic (exact) mass is 354 g/mol. The molecule has 0 saturated carbocycles. The van der Waals surface area contributed by atoms with Gasteiger partial charge in [-0.25, -0.2) is 9.78 Å². The first kappa shape index (κ1) is 14.5. The maximum atomic E-state index is 12.0. The van der Waals surface area contributed by atoms with Crippen LogP contribution in [0.25, 0.3) is 0 Å². The summed E-state index contributed by atoms with van der Waals surface area (Å²) in [5, 5.41) is 11.6. The number of nitrogens with zero attached hydrogens (tertiary/aromatic N) is 1. The number of hydrogen-bond acceptors (Lipinski definition) is 3. The van der Waals surface area contributed by atoms with Gasteiger partial charge in [0.2, 0.25) is 0 Å². The van der Waals surface area contributed by atoms with Crippen LogP contribution in [0.1, 0.15) is 20.8 Å². The number of aromatic nitrogens is 1. The molecule has 1 amide bonds. The number of halogens is 2. The van der Waals surface area contributed by atoms with E-state index in [-0.39, 0.29) is 22.0 Å². The van der Waals surface area contributed by atoms with Crippen LogP contribution in [-0.2, 0) is 0 Å². The van der Waals surface area contributed by atoms with Crippen molar-refractivity contribution in [3.63, 3.8) is 0 Å². The average Bonchev–Trinajstić information content (AvgIpc) is 2.39. The summed E-state index contributed by atoms with van der Waals surface area (Å²) in [6.45, 7) is 0. The number of pyridine rings is 1. The van der Waals surface area contributed by atoms with Crippen molar-refractivity contribution in [1.82, 2.24) is 4.98 Å². The first-order chi connectivity index (χ1) is 9.49. The van der Waals surface area contributed by atoms with Crippen molar-refractivity contribution in [1.29, 1.82) is 0 Å². The second-order valence-corrected chi connectivity index (χ2v) is 5.11. The zero-order chi connectivity index (χ0) is 14.7. The number of anilines is 1. The van der Waals surface area contributed by atoms with E-state index in [0.29, 0.717) is 0 Å². The van der Waals surface area contributed by atoms with E-state index >= 15 is 0 Å². The van der Waals surface area contributed by atoms with Gasteiger partial charge in [-0.05, 0) is 40.2 Å². The summed E-state index contributed by atoms with van der Waals surface area (Å²) >= 11 is 9.03. The average molecular weight is 356 g/mol. The Bertz CT molecular complexity index is 674. The number of rotatable bonds is 3. The van der Waals surface area contributed by atoms with Gasteiger partial charge in [0.1, 0.15) is 11.3 Å². The summed E-state index contributed by atoms with van der Waals surface area (Å²) in [6.07, 6.45) is 1.48. The molecular weight excluding hydrogens is 348 g/mol. The number of carbonyl (C=O) groups excluding carboxylic acids is 1.